The molecule has 0 fully saturated rings. The number of aromatic nitrogens is 2. The number of hydrogen-bond donors (Lipinski definition) is 2. The molecule has 6 heteroatoms. The largest absolute Gasteiger partial charge is 0.370 e. The van der Waals surface area contributed by atoms with Crippen molar-refractivity contribution < 1.29 is 4.79 Å². The molecule has 1 amide bonds. The first-order valence-electron chi connectivity index (χ1n) is 7.31. The number of carbonyl (C=O) groups excluding carboxylic acids is 1. The van der Waals surface area contributed by atoms with E-state index in [0.717, 1.165) is 17.0 Å². The molecule has 2 aromatic rings. The molecule has 1 aromatic carbocycles. The molecule has 0 aliphatic rings. The Morgan fingerprint density at radius 1 is 1.35 bits per heavy atom. The van der Waals surface area contributed by atoms with Crippen molar-refractivity contribution >= 4 is 23.3 Å². The van der Waals surface area contributed by atoms with E-state index < -0.39 is 0 Å². The summed E-state index contributed by atoms with van der Waals surface area (Å²) in [6.07, 6.45) is 2.43. The summed E-state index contributed by atoms with van der Waals surface area (Å²) in [5.41, 5.74) is 1.48. The minimum Gasteiger partial charge on any atom is -0.370 e. The van der Waals surface area contributed by atoms with Gasteiger partial charge in [0, 0.05) is 24.2 Å². The molecule has 0 bridgehead atoms. The highest BCUT2D eigenvalue weighted by molar-refractivity contribution is 6.30. The summed E-state index contributed by atoms with van der Waals surface area (Å²) in [7, 11) is 0. The van der Waals surface area contributed by atoms with Crippen LogP contribution in [0.3, 0.4) is 0 Å². The van der Waals surface area contributed by atoms with Crippen LogP contribution in [0.4, 0.5) is 5.82 Å². The summed E-state index contributed by atoms with van der Waals surface area (Å²) in [5, 5.41) is 6.64. The topological polar surface area (TPSA) is 66.9 Å². The van der Waals surface area contributed by atoms with Crippen LogP contribution in [0.25, 0.3) is 0 Å². The van der Waals surface area contributed by atoms with Gasteiger partial charge >= 0.3 is 0 Å². The van der Waals surface area contributed by atoms with E-state index >= 15 is 0 Å². The van der Waals surface area contributed by atoms with E-state index in [4.69, 9.17) is 11.6 Å². The number of nitrogens with zero attached hydrogens (tertiary/aromatic N) is 2. The highest BCUT2D eigenvalue weighted by Gasteiger charge is 2.09. The third-order valence-corrected chi connectivity index (χ3v) is 3.32. The summed E-state index contributed by atoms with van der Waals surface area (Å²) < 4.78 is 0. The number of rotatable bonds is 7. The minimum atomic E-state index is -0.242. The maximum Gasteiger partial charge on any atom is 0.270 e. The number of nitrogens with one attached hydrogen (secondary N) is 2. The molecule has 1 heterocycles. The van der Waals surface area contributed by atoms with Crippen LogP contribution in [0.5, 0.6) is 0 Å². The van der Waals surface area contributed by atoms with Crippen LogP contribution in [0.2, 0.25) is 5.02 Å². The molecule has 0 spiro atoms. The number of carbonyl (C=O) groups is 1. The highest BCUT2D eigenvalue weighted by atomic mass is 35.5. The van der Waals surface area contributed by atoms with Crippen LogP contribution in [0.15, 0.2) is 43.0 Å². The Hall–Kier alpha value is -2.40. The van der Waals surface area contributed by atoms with E-state index in [-0.39, 0.29) is 5.91 Å². The molecule has 0 atom stereocenters. The zero-order chi connectivity index (χ0) is 16.7. The second-order valence-corrected chi connectivity index (χ2v) is 5.43. The second-order valence-electron chi connectivity index (χ2n) is 4.99. The van der Waals surface area contributed by atoms with Gasteiger partial charge in [0.1, 0.15) is 17.3 Å². The van der Waals surface area contributed by atoms with Crippen LogP contribution in [-0.2, 0) is 6.42 Å². The molecule has 120 valence electrons. The van der Waals surface area contributed by atoms with Gasteiger partial charge in [0.05, 0.1) is 0 Å². The summed E-state index contributed by atoms with van der Waals surface area (Å²) in [6.45, 7) is 6.41. The van der Waals surface area contributed by atoms with E-state index in [1.807, 2.05) is 24.3 Å². The molecular formula is C17H19ClN4O. The Bertz CT molecular complexity index is 703. The van der Waals surface area contributed by atoms with Crippen molar-refractivity contribution in [2.45, 2.75) is 13.3 Å². The van der Waals surface area contributed by atoms with E-state index in [1.165, 1.54) is 0 Å². The number of hydrogen-bond acceptors (Lipinski definition) is 4. The van der Waals surface area contributed by atoms with E-state index in [2.05, 4.69) is 27.2 Å². The molecule has 23 heavy (non-hydrogen) atoms. The van der Waals surface area contributed by atoms with Gasteiger partial charge in [0.2, 0.25) is 0 Å². The molecule has 0 radical (unpaired) electrons. The third kappa shape index (κ3) is 5.38. The van der Waals surface area contributed by atoms with Crippen molar-refractivity contribution in [2.75, 3.05) is 18.4 Å². The molecular weight excluding hydrogens is 312 g/mol. The summed E-state index contributed by atoms with van der Waals surface area (Å²) in [6, 6.07) is 9.37. The molecule has 0 unspecified atom stereocenters. The van der Waals surface area contributed by atoms with Crippen molar-refractivity contribution in [1.82, 2.24) is 15.3 Å². The monoisotopic (exact) mass is 330 g/mol. The fourth-order valence-corrected chi connectivity index (χ4v) is 2.27. The molecule has 1 aromatic heterocycles. The van der Waals surface area contributed by atoms with Gasteiger partial charge in [-0.25, -0.2) is 9.97 Å². The number of amides is 1. The zero-order valence-corrected chi connectivity index (χ0v) is 13.7. The Morgan fingerprint density at radius 3 is 2.91 bits per heavy atom. The summed E-state index contributed by atoms with van der Waals surface area (Å²) in [5.74, 6) is 0.929. The predicted octanol–water partition coefficient (Wildman–Crippen LogP) is 3.01. The van der Waals surface area contributed by atoms with E-state index in [1.54, 1.807) is 19.1 Å². The first-order chi connectivity index (χ1) is 11.1. The lowest BCUT2D eigenvalue weighted by Crippen LogP contribution is -2.25. The van der Waals surface area contributed by atoms with Gasteiger partial charge in [0.25, 0.3) is 5.91 Å². The first kappa shape index (κ1) is 17.0. The average Bonchev–Trinajstić information content (AvgIpc) is 2.52. The normalized spacial score (nSPS) is 10.2. The number of halogens is 1. The van der Waals surface area contributed by atoms with Crippen LogP contribution >= 0.6 is 11.6 Å². The Morgan fingerprint density at radius 2 is 2.17 bits per heavy atom. The van der Waals surface area contributed by atoms with E-state index in [0.29, 0.717) is 30.4 Å². The maximum atomic E-state index is 11.9. The van der Waals surface area contributed by atoms with Gasteiger partial charge < -0.3 is 10.6 Å². The molecule has 0 saturated carbocycles. The quantitative estimate of drug-likeness (QED) is 0.766. The van der Waals surface area contributed by atoms with Gasteiger partial charge in [-0.05, 0) is 31.0 Å². The van der Waals surface area contributed by atoms with E-state index in [9.17, 15) is 4.79 Å². The van der Waals surface area contributed by atoms with Crippen molar-refractivity contribution in [2.24, 2.45) is 0 Å². The van der Waals surface area contributed by atoms with Crippen LogP contribution in [0.1, 0.15) is 21.9 Å². The fraction of sp³-hybridized carbons (Fsp3) is 0.235. The van der Waals surface area contributed by atoms with Crippen LogP contribution in [-0.4, -0.2) is 29.0 Å². The molecule has 0 aliphatic carbocycles. The minimum absolute atomic E-state index is 0.242. The average molecular weight is 331 g/mol. The smallest absolute Gasteiger partial charge is 0.270 e. The standard InChI is InChI=1S/C17H19ClN4O/c1-3-8-20-17(23)15-11-16(22-12(2)21-15)19-9-7-13-5-4-6-14(18)10-13/h3-6,10-11H,1,7-9H2,2H3,(H,20,23)(H,19,21,22). The van der Waals surface area contributed by atoms with Crippen molar-refractivity contribution in [3.05, 3.63) is 65.1 Å². The van der Waals surface area contributed by atoms with Crippen molar-refractivity contribution in [1.29, 1.82) is 0 Å². The van der Waals surface area contributed by atoms with Crippen molar-refractivity contribution in [3.8, 4) is 0 Å². The second kappa shape index (κ2) is 8.29. The fourth-order valence-electron chi connectivity index (χ4n) is 2.06. The lowest BCUT2D eigenvalue weighted by molar-refractivity contribution is 0.0952. The lowest BCUT2D eigenvalue weighted by Gasteiger charge is -2.09. The maximum absolute atomic E-state index is 11.9. The van der Waals surface area contributed by atoms with Gasteiger partial charge in [-0.15, -0.1) is 6.58 Å². The summed E-state index contributed by atoms with van der Waals surface area (Å²) in [4.78, 5) is 20.4. The molecule has 0 aliphatic heterocycles. The van der Waals surface area contributed by atoms with Crippen LogP contribution < -0.4 is 10.6 Å². The van der Waals surface area contributed by atoms with Crippen LogP contribution in [0, 0.1) is 6.92 Å². The molecule has 2 N–H and O–H groups in total. The Balaban J connectivity index is 1.98. The molecule has 2 rings (SSSR count). The molecule has 0 saturated heterocycles. The molecule has 5 nitrogen and oxygen atoms in total. The Labute approximate surface area is 140 Å². The van der Waals surface area contributed by atoms with Gasteiger partial charge in [-0.1, -0.05) is 29.8 Å². The van der Waals surface area contributed by atoms with Gasteiger partial charge in [-0.3, -0.25) is 4.79 Å². The Kier molecular flexibility index (Phi) is 6.11. The zero-order valence-electron chi connectivity index (χ0n) is 13.0. The SMILES string of the molecule is C=CCNC(=O)c1cc(NCCc2cccc(Cl)c2)nc(C)n1. The van der Waals surface area contributed by atoms with Gasteiger partial charge in [-0.2, -0.15) is 0 Å². The number of aryl methyl sites for hydroxylation is 1. The lowest BCUT2D eigenvalue weighted by atomic mass is 10.1. The number of benzene rings is 1. The van der Waals surface area contributed by atoms with Gasteiger partial charge in [0.15, 0.2) is 0 Å². The number of anilines is 1. The highest BCUT2D eigenvalue weighted by Crippen LogP contribution is 2.12. The predicted molar refractivity (Wildman–Crippen MR) is 92.9 cm³/mol. The third-order valence-electron chi connectivity index (χ3n) is 3.09. The summed E-state index contributed by atoms with van der Waals surface area (Å²) >= 11 is 5.97. The first-order valence-corrected chi connectivity index (χ1v) is 7.69. The van der Waals surface area contributed by atoms with Crippen molar-refractivity contribution in [3.63, 3.8) is 0 Å².